The van der Waals surface area contributed by atoms with Crippen LogP contribution in [0.2, 0.25) is 0 Å². The first-order chi connectivity index (χ1) is 9.61. The topological polar surface area (TPSA) is 84.9 Å². The van der Waals surface area contributed by atoms with Crippen molar-refractivity contribution < 1.29 is 24.2 Å². The van der Waals surface area contributed by atoms with Crippen LogP contribution in [0.4, 0.5) is 0 Å². The molecule has 108 valence electrons. The molecule has 0 bridgehead atoms. The van der Waals surface area contributed by atoms with Gasteiger partial charge < -0.3 is 19.9 Å². The summed E-state index contributed by atoms with van der Waals surface area (Å²) in [5, 5.41) is 10.9. The molecular weight excluding hydrogens is 262 g/mol. The van der Waals surface area contributed by atoms with Crippen LogP contribution in [0, 0.1) is 5.92 Å². The third-order valence-corrected chi connectivity index (χ3v) is 3.19. The predicted octanol–water partition coefficient (Wildman–Crippen LogP) is 0.974. The molecule has 6 nitrogen and oxygen atoms in total. The van der Waals surface area contributed by atoms with Crippen molar-refractivity contribution in [2.75, 3.05) is 20.4 Å². The molecule has 6 heteroatoms. The smallest absolute Gasteiger partial charge is 0.322 e. The lowest BCUT2D eigenvalue weighted by atomic mass is 10.1. The monoisotopic (exact) mass is 279 g/mol. The number of rotatable bonds is 7. The van der Waals surface area contributed by atoms with Crippen molar-refractivity contribution in [2.45, 2.75) is 12.3 Å². The first-order valence-corrected chi connectivity index (χ1v) is 6.33. The van der Waals surface area contributed by atoms with Gasteiger partial charge in [0.15, 0.2) is 6.79 Å². The second kappa shape index (κ2) is 6.38. The second-order valence-electron chi connectivity index (χ2n) is 4.68. The van der Waals surface area contributed by atoms with Gasteiger partial charge in [-0.25, -0.2) is 0 Å². The zero-order chi connectivity index (χ0) is 14.5. The molecule has 2 atom stereocenters. The van der Waals surface area contributed by atoms with Crippen LogP contribution in [0.1, 0.15) is 17.9 Å². The van der Waals surface area contributed by atoms with Gasteiger partial charge in [-0.05, 0) is 30.0 Å². The minimum absolute atomic E-state index is 0.125. The Morgan fingerprint density at radius 1 is 1.35 bits per heavy atom. The molecule has 1 amide bonds. The van der Waals surface area contributed by atoms with Gasteiger partial charge in [-0.2, -0.15) is 0 Å². The van der Waals surface area contributed by atoms with Gasteiger partial charge in [0.25, 0.3) is 0 Å². The fraction of sp³-hybridized carbons (Fsp3) is 0.429. The molecule has 1 aromatic carbocycles. The van der Waals surface area contributed by atoms with E-state index < -0.39 is 5.97 Å². The number of carboxylic acid groups (broad SMARTS) is 1. The Labute approximate surface area is 116 Å². The maximum absolute atomic E-state index is 11.7. The van der Waals surface area contributed by atoms with Gasteiger partial charge in [-0.15, -0.1) is 0 Å². The number of nitrogens with one attached hydrogen (secondary N) is 1. The molecule has 0 spiro atoms. The van der Waals surface area contributed by atoms with Crippen molar-refractivity contribution in [3.8, 4) is 5.75 Å². The first-order valence-electron chi connectivity index (χ1n) is 6.33. The fourth-order valence-electron chi connectivity index (χ4n) is 2.09. The Morgan fingerprint density at radius 3 is 2.65 bits per heavy atom. The van der Waals surface area contributed by atoms with Gasteiger partial charge >= 0.3 is 5.97 Å². The van der Waals surface area contributed by atoms with E-state index in [2.05, 4.69) is 5.32 Å². The highest BCUT2D eigenvalue weighted by Gasteiger charge is 2.43. The van der Waals surface area contributed by atoms with E-state index in [9.17, 15) is 9.59 Å². The lowest BCUT2D eigenvalue weighted by Crippen LogP contribution is -2.30. The molecule has 0 heterocycles. The van der Waals surface area contributed by atoms with Gasteiger partial charge in [0.05, 0.1) is 0 Å². The average Bonchev–Trinajstić information content (AvgIpc) is 3.23. The van der Waals surface area contributed by atoms with Crippen molar-refractivity contribution in [3.63, 3.8) is 0 Å². The molecule has 1 fully saturated rings. The zero-order valence-electron chi connectivity index (χ0n) is 11.2. The van der Waals surface area contributed by atoms with Gasteiger partial charge in [0.1, 0.15) is 12.3 Å². The maximum atomic E-state index is 11.7. The van der Waals surface area contributed by atoms with E-state index in [1.807, 2.05) is 24.3 Å². The van der Waals surface area contributed by atoms with Gasteiger partial charge in [-0.1, -0.05) is 12.1 Å². The predicted molar refractivity (Wildman–Crippen MR) is 70.4 cm³/mol. The molecule has 1 saturated carbocycles. The van der Waals surface area contributed by atoms with E-state index in [1.54, 1.807) is 7.11 Å². The molecule has 20 heavy (non-hydrogen) atoms. The number of carboxylic acids is 1. The number of ether oxygens (including phenoxy) is 2. The maximum Gasteiger partial charge on any atom is 0.322 e. The Kier molecular flexibility index (Phi) is 4.57. The molecule has 2 N–H and O–H groups in total. The number of carbonyl (C=O) groups excluding carboxylic acids is 1. The van der Waals surface area contributed by atoms with E-state index in [-0.39, 0.29) is 31.1 Å². The van der Waals surface area contributed by atoms with Crippen molar-refractivity contribution in [2.24, 2.45) is 5.92 Å². The lowest BCUT2D eigenvalue weighted by molar-refractivity contribution is -0.138. The average molecular weight is 279 g/mol. The number of hydrogen-bond donors (Lipinski definition) is 2. The van der Waals surface area contributed by atoms with Crippen molar-refractivity contribution >= 4 is 11.9 Å². The highest BCUT2D eigenvalue weighted by atomic mass is 16.7. The number of amides is 1. The standard InChI is InChI=1S/C14H17NO5/c1-19-8-20-10-4-2-9(3-5-10)11-6-12(11)14(18)15-7-13(16)17/h2-5,11-12H,6-8H2,1H3,(H,15,18)(H,16,17). The van der Waals surface area contributed by atoms with Crippen LogP contribution < -0.4 is 10.1 Å². The summed E-state index contributed by atoms with van der Waals surface area (Å²) in [6.07, 6.45) is 0.754. The van der Waals surface area contributed by atoms with Crippen LogP contribution in [0.25, 0.3) is 0 Å². The van der Waals surface area contributed by atoms with E-state index >= 15 is 0 Å². The largest absolute Gasteiger partial charge is 0.480 e. The highest BCUT2D eigenvalue weighted by Crippen LogP contribution is 2.47. The summed E-state index contributed by atoms with van der Waals surface area (Å²) >= 11 is 0. The lowest BCUT2D eigenvalue weighted by Gasteiger charge is -2.06. The number of hydrogen-bond acceptors (Lipinski definition) is 4. The van der Waals surface area contributed by atoms with Crippen LogP contribution in [0.15, 0.2) is 24.3 Å². The van der Waals surface area contributed by atoms with Crippen molar-refractivity contribution in [3.05, 3.63) is 29.8 Å². The number of aliphatic carboxylic acids is 1. The summed E-state index contributed by atoms with van der Waals surface area (Å²) in [6, 6.07) is 7.50. The summed E-state index contributed by atoms with van der Waals surface area (Å²) < 4.78 is 10.1. The molecule has 2 rings (SSSR count). The Morgan fingerprint density at radius 2 is 2.05 bits per heavy atom. The molecule has 1 aliphatic rings. The summed E-state index contributed by atoms with van der Waals surface area (Å²) in [7, 11) is 1.55. The van der Waals surface area contributed by atoms with Crippen LogP contribution in [-0.2, 0) is 14.3 Å². The van der Waals surface area contributed by atoms with Crippen LogP contribution >= 0.6 is 0 Å². The van der Waals surface area contributed by atoms with E-state index in [1.165, 1.54) is 0 Å². The Bertz CT molecular complexity index is 485. The number of benzene rings is 1. The molecule has 0 radical (unpaired) electrons. The van der Waals surface area contributed by atoms with E-state index in [0.29, 0.717) is 5.75 Å². The third-order valence-electron chi connectivity index (χ3n) is 3.19. The minimum Gasteiger partial charge on any atom is -0.480 e. The Balaban J connectivity index is 1.85. The van der Waals surface area contributed by atoms with Crippen LogP contribution in [0.3, 0.4) is 0 Å². The second-order valence-corrected chi connectivity index (χ2v) is 4.68. The molecule has 1 aliphatic carbocycles. The van der Waals surface area contributed by atoms with Crippen LogP contribution in [-0.4, -0.2) is 37.4 Å². The molecule has 0 saturated heterocycles. The molecule has 1 aromatic rings. The summed E-state index contributed by atoms with van der Waals surface area (Å²) in [4.78, 5) is 22.1. The normalized spacial score (nSPS) is 20.2. The summed E-state index contributed by atoms with van der Waals surface area (Å²) in [5.74, 6) is -0.476. The van der Waals surface area contributed by atoms with Gasteiger partial charge in [0.2, 0.25) is 5.91 Å². The summed E-state index contributed by atoms with van der Waals surface area (Å²) in [6.45, 7) is -0.130. The first kappa shape index (κ1) is 14.3. The third kappa shape index (κ3) is 3.71. The van der Waals surface area contributed by atoms with E-state index in [4.69, 9.17) is 14.6 Å². The van der Waals surface area contributed by atoms with Crippen LogP contribution in [0.5, 0.6) is 5.75 Å². The minimum atomic E-state index is -1.03. The van der Waals surface area contributed by atoms with Gasteiger partial charge in [0, 0.05) is 13.0 Å². The highest BCUT2D eigenvalue weighted by molar-refractivity contribution is 5.85. The molecule has 0 aliphatic heterocycles. The SMILES string of the molecule is COCOc1ccc(C2CC2C(=O)NCC(=O)O)cc1. The molecule has 2 unspecified atom stereocenters. The summed E-state index contributed by atoms with van der Waals surface area (Å²) in [5.41, 5.74) is 1.06. The van der Waals surface area contributed by atoms with E-state index in [0.717, 1.165) is 12.0 Å². The van der Waals surface area contributed by atoms with Crippen molar-refractivity contribution in [1.82, 2.24) is 5.32 Å². The molecular formula is C14H17NO5. The fourth-order valence-corrected chi connectivity index (χ4v) is 2.09. The zero-order valence-corrected chi connectivity index (χ0v) is 11.2. The number of methoxy groups -OCH3 is 1. The van der Waals surface area contributed by atoms with Crippen molar-refractivity contribution in [1.29, 1.82) is 0 Å². The van der Waals surface area contributed by atoms with Gasteiger partial charge in [-0.3, -0.25) is 9.59 Å². The quantitative estimate of drug-likeness (QED) is 0.727. The molecule has 0 aromatic heterocycles. The number of carbonyl (C=O) groups is 2. The Hall–Kier alpha value is -2.08.